The molecule has 9 heteroatoms. The van der Waals surface area contributed by atoms with Crippen LogP contribution in [0.25, 0.3) is 11.4 Å². The quantitative estimate of drug-likeness (QED) is 0.660. The van der Waals surface area contributed by atoms with Gasteiger partial charge >= 0.3 is 0 Å². The lowest BCUT2D eigenvalue weighted by molar-refractivity contribution is -0.121. The highest BCUT2D eigenvalue weighted by molar-refractivity contribution is 8.00. The van der Waals surface area contributed by atoms with Crippen molar-refractivity contribution in [2.75, 3.05) is 16.8 Å². The van der Waals surface area contributed by atoms with Crippen molar-refractivity contribution < 1.29 is 14.0 Å². The highest BCUT2D eigenvalue weighted by atomic mass is 32.2. The van der Waals surface area contributed by atoms with Gasteiger partial charge in [0.2, 0.25) is 17.0 Å². The van der Waals surface area contributed by atoms with Gasteiger partial charge in [0.15, 0.2) is 5.82 Å². The van der Waals surface area contributed by atoms with Crippen molar-refractivity contribution in [3.05, 3.63) is 54.3 Å². The Kier molecular flexibility index (Phi) is 4.82. The molecular formula is C19H16FN5O2S. The highest BCUT2D eigenvalue weighted by Crippen LogP contribution is 2.32. The number of aromatic nitrogens is 3. The summed E-state index contributed by atoms with van der Waals surface area (Å²) in [6.07, 6.45) is 0. The second kappa shape index (κ2) is 7.43. The third kappa shape index (κ3) is 3.48. The molecule has 2 N–H and O–H groups in total. The minimum Gasteiger partial charge on any atom is -0.323 e. The van der Waals surface area contributed by atoms with Crippen LogP contribution < -0.4 is 10.2 Å². The van der Waals surface area contributed by atoms with Gasteiger partial charge < -0.3 is 5.32 Å². The fourth-order valence-electron chi connectivity index (χ4n) is 2.93. The molecule has 1 aliphatic rings. The molecule has 4 rings (SSSR count). The number of amides is 2. The molecule has 2 amide bonds. The van der Waals surface area contributed by atoms with Crippen LogP contribution in [0.5, 0.6) is 0 Å². The van der Waals surface area contributed by atoms with E-state index in [-0.39, 0.29) is 18.4 Å². The van der Waals surface area contributed by atoms with Gasteiger partial charge in [-0.3, -0.25) is 19.6 Å². The van der Waals surface area contributed by atoms with Gasteiger partial charge in [0.25, 0.3) is 0 Å². The second-order valence-electron chi connectivity index (χ2n) is 6.20. The normalized spacial score (nSPS) is 14.4. The van der Waals surface area contributed by atoms with E-state index in [0.29, 0.717) is 27.9 Å². The molecule has 1 aromatic heterocycles. The molecule has 142 valence electrons. The largest absolute Gasteiger partial charge is 0.323 e. The molecule has 0 saturated heterocycles. The van der Waals surface area contributed by atoms with Crippen LogP contribution in [-0.4, -0.2) is 38.8 Å². The van der Waals surface area contributed by atoms with Crippen LogP contribution in [0.1, 0.15) is 6.92 Å². The number of carbonyl (C=O) groups is 2. The summed E-state index contributed by atoms with van der Waals surface area (Å²) in [4.78, 5) is 30.6. The molecule has 0 unspecified atom stereocenters. The third-order valence-corrected chi connectivity index (χ3v) is 5.21. The first-order valence-corrected chi connectivity index (χ1v) is 9.45. The summed E-state index contributed by atoms with van der Waals surface area (Å²) < 4.78 is 13.9. The zero-order valence-electron chi connectivity index (χ0n) is 14.8. The van der Waals surface area contributed by atoms with E-state index in [1.165, 1.54) is 11.0 Å². The second-order valence-corrected chi connectivity index (χ2v) is 7.50. The SMILES string of the molecule is C[C@@H](Sc1n[nH]c(-c2ccccc2F)n1)C(=O)N1CC(=O)Nc2ccccc21. The number of carbonyl (C=O) groups excluding carboxylic acids is 2. The maximum atomic E-state index is 13.9. The molecule has 2 heterocycles. The molecule has 0 fully saturated rings. The Balaban J connectivity index is 1.52. The number of nitrogens with one attached hydrogen (secondary N) is 2. The molecule has 7 nitrogen and oxygen atoms in total. The minimum absolute atomic E-state index is 0.0464. The van der Waals surface area contributed by atoms with Gasteiger partial charge in [0.05, 0.1) is 22.2 Å². The number of para-hydroxylation sites is 2. The number of nitrogens with zero attached hydrogens (tertiary/aromatic N) is 3. The lowest BCUT2D eigenvalue weighted by Gasteiger charge is -2.30. The molecular weight excluding hydrogens is 381 g/mol. The number of anilines is 2. The number of halogens is 1. The van der Waals surface area contributed by atoms with Gasteiger partial charge in [-0.15, -0.1) is 5.10 Å². The van der Waals surface area contributed by atoms with Crippen LogP contribution in [0.2, 0.25) is 0 Å². The summed E-state index contributed by atoms with van der Waals surface area (Å²) in [7, 11) is 0. The minimum atomic E-state index is -0.539. The number of rotatable bonds is 4. The molecule has 0 radical (unpaired) electrons. The van der Waals surface area contributed by atoms with Gasteiger partial charge in [-0.1, -0.05) is 36.0 Å². The van der Waals surface area contributed by atoms with Crippen molar-refractivity contribution >= 4 is 35.0 Å². The van der Waals surface area contributed by atoms with E-state index >= 15 is 0 Å². The van der Waals surface area contributed by atoms with E-state index in [1.807, 2.05) is 6.07 Å². The first-order chi connectivity index (χ1) is 13.5. The molecule has 0 bridgehead atoms. The number of aromatic amines is 1. The Bertz CT molecular complexity index is 1050. The maximum absolute atomic E-state index is 13.9. The molecule has 0 spiro atoms. The van der Waals surface area contributed by atoms with Gasteiger partial charge in [-0.25, -0.2) is 9.37 Å². The number of hydrogen-bond donors (Lipinski definition) is 2. The number of fused-ring (bicyclic) bond motifs is 1. The maximum Gasteiger partial charge on any atom is 0.244 e. The van der Waals surface area contributed by atoms with Crippen LogP contribution in [0.4, 0.5) is 15.8 Å². The van der Waals surface area contributed by atoms with Crippen molar-refractivity contribution in [3.8, 4) is 11.4 Å². The summed E-state index contributed by atoms with van der Waals surface area (Å²) in [6.45, 7) is 1.68. The van der Waals surface area contributed by atoms with Crippen molar-refractivity contribution in [3.63, 3.8) is 0 Å². The molecule has 28 heavy (non-hydrogen) atoms. The van der Waals surface area contributed by atoms with Crippen LogP contribution >= 0.6 is 11.8 Å². The molecule has 3 aromatic rings. The standard InChI is InChI=1S/C19H16FN5O2S/c1-11(18(27)25-10-16(26)21-14-8-4-5-9-15(14)25)28-19-22-17(23-24-19)12-6-2-3-7-13(12)20/h2-9,11H,10H2,1H3,(H,21,26)(H,22,23,24)/t11-/m1/s1. The van der Waals surface area contributed by atoms with E-state index in [1.54, 1.807) is 43.3 Å². The molecule has 0 saturated carbocycles. The van der Waals surface area contributed by atoms with E-state index in [9.17, 15) is 14.0 Å². The molecule has 1 atom stereocenters. The van der Waals surface area contributed by atoms with Crippen LogP contribution in [-0.2, 0) is 9.59 Å². The van der Waals surface area contributed by atoms with E-state index in [4.69, 9.17) is 0 Å². The van der Waals surface area contributed by atoms with Gasteiger partial charge in [-0.2, -0.15) is 0 Å². The highest BCUT2D eigenvalue weighted by Gasteiger charge is 2.30. The average molecular weight is 397 g/mol. The summed E-state index contributed by atoms with van der Waals surface area (Å²) in [5, 5.41) is 9.31. The van der Waals surface area contributed by atoms with Gasteiger partial charge in [0, 0.05) is 0 Å². The molecule has 1 aliphatic heterocycles. The summed E-state index contributed by atoms with van der Waals surface area (Å²) >= 11 is 1.14. The van der Waals surface area contributed by atoms with Gasteiger partial charge in [-0.05, 0) is 31.2 Å². The van der Waals surface area contributed by atoms with Crippen molar-refractivity contribution in [1.29, 1.82) is 0 Å². The smallest absolute Gasteiger partial charge is 0.244 e. The summed E-state index contributed by atoms with van der Waals surface area (Å²) in [5.41, 5.74) is 1.56. The fraction of sp³-hybridized carbons (Fsp3) is 0.158. The zero-order valence-corrected chi connectivity index (χ0v) is 15.7. The Morgan fingerprint density at radius 3 is 2.79 bits per heavy atom. The predicted octanol–water partition coefficient (Wildman–Crippen LogP) is 3.08. The van der Waals surface area contributed by atoms with Crippen molar-refractivity contribution in [1.82, 2.24) is 15.2 Å². The Hall–Kier alpha value is -3.20. The lowest BCUT2D eigenvalue weighted by Crippen LogP contribution is -2.45. The van der Waals surface area contributed by atoms with E-state index in [0.717, 1.165) is 11.8 Å². The van der Waals surface area contributed by atoms with E-state index < -0.39 is 11.1 Å². The Labute approximate surface area is 164 Å². The number of benzene rings is 2. The first kappa shape index (κ1) is 18.2. The fourth-order valence-corrected chi connectivity index (χ4v) is 3.72. The summed E-state index contributed by atoms with van der Waals surface area (Å²) in [5.74, 6) is -0.591. The number of hydrogen-bond acceptors (Lipinski definition) is 5. The van der Waals surface area contributed by atoms with Crippen LogP contribution in [0, 0.1) is 5.82 Å². The average Bonchev–Trinajstić information content (AvgIpc) is 3.15. The predicted molar refractivity (Wildman–Crippen MR) is 105 cm³/mol. The van der Waals surface area contributed by atoms with Crippen LogP contribution in [0.15, 0.2) is 53.7 Å². The van der Waals surface area contributed by atoms with Crippen molar-refractivity contribution in [2.45, 2.75) is 17.3 Å². The lowest BCUT2D eigenvalue weighted by atomic mass is 10.2. The van der Waals surface area contributed by atoms with Crippen LogP contribution in [0.3, 0.4) is 0 Å². The number of thioether (sulfide) groups is 1. The van der Waals surface area contributed by atoms with Gasteiger partial charge in [0.1, 0.15) is 12.4 Å². The Morgan fingerprint density at radius 1 is 1.21 bits per heavy atom. The number of H-pyrrole nitrogens is 1. The zero-order chi connectivity index (χ0) is 19.7. The topological polar surface area (TPSA) is 91.0 Å². The molecule has 0 aliphatic carbocycles. The summed E-state index contributed by atoms with van der Waals surface area (Å²) in [6, 6.07) is 13.4. The van der Waals surface area contributed by atoms with Crippen molar-refractivity contribution in [2.24, 2.45) is 0 Å². The van der Waals surface area contributed by atoms with E-state index in [2.05, 4.69) is 20.5 Å². The molecule has 2 aromatic carbocycles. The monoisotopic (exact) mass is 397 g/mol. The Morgan fingerprint density at radius 2 is 1.96 bits per heavy atom. The first-order valence-electron chi connectivity index (χ1n) is 8.57. The third-order valence-electron chi connectivity index (χ3n) is 4.26.